The van der Waals surface area contributed by atoms with Crippen molar-refractivity contribution in [3.8, 4) is 0 Å². The largest absolute Gasteiger partial charge is 0.444 e. The van der Waals surface area contributed by atoms with Crippen molar-refractivity contribution >= 4 is 22.9 Å². The van der Waals surface area contributed by atoms with Gasteiger partial charge in [0, 0.05) is 24.3 Å². The van der Waals surface area contributed by atoms with Crippen molar-refractivity contribution in [2.75, 3.05) is 6.54 Å². The molecule has 2 aromatic rings. The number of hydrogen-bond acceptors (Lipinski definition) is 3. The van der Waals surface area contributed by atoms with Crippen LogP contribution in [0.4, 0.5) is 4.79 Å². The quantitative estimate of drug-likeness (QED) is 0.862. The van der Waals surface area contributed by atoms with Gasteiger partial charge < -0.3 is 10.1 Å². The van der Waals surface area contributed by atoms with E-state index < -0.39 is 5.60 Å². The summed E-state index contributed by atoms with van der Waals surface area (Å²) >= 11 is 0. The average molecular weight is 298 g/mol. The van der Waals surface area contributed by atoms with E-state index in [1.807, 2.05) is 39.1 Å². The van der Waals surface area contributed by atoms with Crippen LogP contribution in [0.1, 0.15) is 32.8 Å². The second-order valence-corrected chi connectivity index (χ2v) is 6.10. The van der Waals surface area contributed by atoms with Gasteiger partial charge in [0.05, 0.1) is 0 Å². The number of benzene rings is 1. The standard InChI is InChI=1S/C18H22N2O2/c1-18(2,3)22-17(21)20-10-5-4-6-14-7-8-16-13-19-11-9-15(16)12-14/h4,6-9,11-13H,5,10H2,1-3H3,(H,20,21). The lowest BCUT2D eigenvalue weighted by atomic mass is 10.1. The highest BCUT2D eigenvalue weighted by molar-refractivity contribution is 5.83. The monoisotopic (exact) mass is 298 g/mol. The van der Waals surface area contributed by atoms with Crippen LogP contribution in [-0.2, 0) is 4.74 Å². The maximum absolute atomic E-state index is 11.5. The van der Waals surface area contributed by atoms with Crippen molar-refractivity contribution in [3.63, 3.8) is 0 Å². The number of ether oxygens (including phenoxy) is 1. The predicted octanol–water partition coefficient (Wildman–Crippen LogP) is 4.16. The number of pyridine rings is 1. The molecule has 4 heteroatoms. The second-order valence-electron chi connectivity index (χ2n) is 6.10. The van der Waals surface area contributed by atoms with Crippen LogP contribution in [0.25, 0.3) is 16.8 Å². The molecule has 0 aliphatic carbocycles. The summed E-state index contributed by atoms with van der Waals surface area (Å²) in [5.74, 6) is 0. The molecular formula is C18H22N2O2. The number of carbonyl (C=O) groups is 1. The first-order valence-corrected chi connectivity index (χ1v) is 7.41. The highest BCUT2D eigenvalue weighted by atomic mass is 16.6. The Hall–Kier alpha value is -2.36. The minimum atomic E-state index is -0.458. The number of hydrogen-bond donors (Lipinski definition) is 1. The van der Waals surface area contributed by atoms with Crippen molar-refractivity contribution in [1.82, 2.24) is 10.3 Å². The van der Waals surface area contributed by atoms with E-state index in [1.165, 1.54) is 5.39 Å². The van der Waals surface area contributed by atoms with Gasteiger partial charge in [0.1, 0.15) is 5.60 Å². The van der Waals surface area contributed by atoms with Crippen LogP contribution in [0.2, 0.25) is 0 Å². The minimum absolute atomic E-state index is 0.376. The van der Waals surface area contributed by atoms with Gasteiger partial charge in [0.2, 0.25) is 0 Å². The van der Waals surface area contributed by atoms with Crippen molar-refractivity contribution in [1.29, 1.82) is 0 Å². The number of alkyl carbamates (subject to hydrolysis) is 1. The Labute approximate surface area is 131 Å². The molecule has 0 radical (unpaired) electrons. The summed E-state index contributed by atoms with van der Waals surface area (Å²) in [5, 5.41) is 5.04. The number of nitrogens with zero attached hydrogens (tertiary/aromatic N) is 1. The van der Waals surface area contributed by atoms with E-state index in [-0.39, 0.29) is 6.09 Å². The molecule has 1 heterocycles. The van der Waals surface area contributed by atoms with Crippen LogP contribution < -0.4 is 5.32 Å². The molecule has 116 valence electrons. The summed E-state index contributed by atoms with van der Waals surface area (Å²) < 4.78 is 5.17. The normalized spacial score (nSPS) is 11.8. The predicted molar refractivity (Wildman–Crippen MR) is 89.6 cm³/mol. The molecule has 0 aliphatic heterocycles. The number of amides is 1. The van der Waals surface area contributed by atoms with Crippen molar-refractivity contribution in [2.24, 2.45) is 0 Å². The molecule has 0 atom stereocenters. The van der Waals surface area contributed by atoms with Gasteiger partial charge in [-0.05, 0) is 50.3 Å². The first-order valence-electron chi connectivity index (χ1n) is 7.41. The Kier molecular flexibility index (Phi) is 5.15. The van der Waals surface area contributed by atoms with E-state index >= 15 is 0 Å². The van der Waals surface area contributed by atoms with Gasteiger partial charge in [-0.2, -0.15) is 0 Å². The lowest BCUT2D eigenvalue weighted by molar-refractivity contribution is 0.0529. The fraction of sp³-hybridized carbons (Fsp3) is 0.333. The molecule has 1 N–H and O–H groups in total. The molecule has 0 spiro atoms. The Balaban J connectivity index is 1.80. The van der Waals surface area contributed by atoms with E-state index in [0.717, 1.165) is 17.4 Å². The molecule has 22 heavy (non-hydrogen) atoms. The smallest absolute Gasteiger partial charge is 0.407 e. The van der Waals surface area contributed by atoms with E-state index in [4.69, 9.17) is 4.74 Å². The zero-order valence-corrected chi connectivity index (χ0v) is 13.3. The number of fused-ring (bicyclic) bond motifs is 1. The minimum Gasteiger partial charge on any atom is -0.444 e. The summed E-state index contributed by atoms with van der Waals surface area (Å²) in [6.07, 6.45) is 8.12. The fourth-order valence-electron chi connectivity index (χ4n) is 2.00. The number of aromatic nitrogens is 1. The topological polar surface area (TPSA) is 51.2 Å². The average Bonchev–Trinajstić information content (AvgIpc) is 2.45. The Morgan fingerprint density at radius 1 is 1.27 bits per heavy atom. The van der Waals surface area contributed by atoms with Gasteiger partial charge in [-0.1, -0.05) is 24.3 Å². The van der Waals surface area contributed by atoms with Gasteiger partial charge in [-0.3, -0.25) is 4.98 Å². The Morgan fingerprint density at radius 3 is 2.86 bits per heavy atom. The number of rotatable bonds is 4. The SMILES string of the molecule is CC(C)(C)OC(=O)NCCC=Cc1ccc2cnccc2c1. The van der Waals surface area contributed by atoms with E-state index in [0.29, 0.717) is 6.54 Å². The van der Waals surface area contributed by atoms with Gasteiger partial charge in [0.15, 0.2) is 0 Å². The molecule has 1 aromatic carbocycles. The maximum Gasteiger partial charge on any atom is 0.407 e. The third-order valence-electron chi connectivity index (χ3n) is 2.95. The molecule has 0 saturated heterocycles. The first-order chi connectivity index (χ1) is 10.4. The highest BCUT2D eigenvalue weighted by Gasteiger charge is 2.15. The molecule has 2 rings (SSSR count). The third-order valence-corrected chi connectivity index (χ3v) is 2.95. The molecule has 0 unspecified atom stereocenters. The zero-order valence-electron chi connectivity index (χ0n) is 13.3. The van der Waals surface area contributed by atoms with Crippen molar-refractivity contribution < 1.29 is 9.53 Å². The van der Waals surface area contributed by atoms with Crippen LogP contribution in [0.15, 0.2) is 42.7 Å². The third kappa shape index (κ3) is 5.20. The molecule has 0 fully saturated rings. The Morgan fingerprint density at radius 2 is 2.09 bits per heavy atom. The number of carbonyl (C=O) groups excluding carboxylic acids is 1. The highest BCUT2D eigenvalue weighted by Crippen LogP contribution is 2.15. The van der Waals surface area contributed by atoms with Gasteiger partial charge in [0.25, 0.3) is 0 Å². The van der Waals surface area contributed by atoms with E-state index in [9.17, 15) is 4.79 Å². The second kappa shape index (κ2) is 7.07. The van der Waals surface area contributed by atoms with E-state index in [1.54, 1.807) is 6.20 Å². The van der Waals surface area contributed by atoms with Crippen LogP contribution in [0.5, 0.6) is 0 Å². The van der Waals surface area contributed by atoms with Gasteiger partial charge in [-0.15, -0.1) is 0 Å². The number of nitrogens with one attached hydrogen (secondary N) is 1. The summed E-state index contributed by atoms with van der Waals surface area (Å²) in [5.41, 5.74) is 0.677. The van der Waals surface area contributed by atoms with Crippen LogP contribution in [0.3, 0.4) is 0 Å². The van der Waals surface area contributed by atoms with Crippen LogP contribution >= 0.6 is 0 Å². The molecule has 4 nitrogen and oxygen atoms in total. The van der Waals surface area contributed by atoms with Crippen LogP contribution in [-0.4, -0.2) is 23.2 Å². The molecule has 1 amide bonds. The first kappa shape index (κ1) is 16.0. The lowest BCUT2D eigenvalue weighted by Crippen LogP contribution is -2.32. The fourth-order valence-corrected chi connectivity index (χ4v) is 2.00. The van der Waals surface area contributed by atoms with Crippen molar-refractivity contribution in [2.45, 2.75) is 32.8 Å². The zero-order chi connectivity index (χ0) is 16.0. The summed E-state index contributed by atoms with van der Waals surface area (Å²) in [6.45, 7) is 6.11. The molecule has 0 bridgehead atoms. The van der Waals surface area contributed by atoms with E-state index in [2.05, 4.69) is 34.6 Å². The van der Waals surface area contributed by atoms with Crippen molar-refractivity contribution in [3.05, 3.63) is 48.3 Å². The summed E-state index contributed by atoms with van der Waals surface area (Å²) in [6, 6.07) is 8.23. The lowest BCUT2D eigenvalue weighted by Gasteiger charge is -2.19. The maximum atomic E-state index is 11.5. The molecule has 1 aromatic heterocycles. The molecule has 0 saturated carbocycles. The molecular weight excluding hydrogens is 276 g/mol. The summed E-state index contributed by atoms with van der Waals surface area (Å²) in [4.78, 5) is 15.6. The molecule has 0 aliphatic rings. The van der Waals surface area contributed by atoms with Crippen LogP contribution in [0, 0.1) is 0 Å². The van der Waals surface area contributed by atoms with Gasteiger partial charge >= 0.3 is 6.09 Å². The van der Waals surface area contributed by atoms with Gasteiger partial charge in [-0.25, -0.2) is 4.79 Å². The Bertz CT molecular complexity index is 672. The summed E-state index contributed by atoms with van der Waals surface area (Å²) in [7, 11) is 0.